The molecular weight excluding hydrogens is 437 g/mol. The summed E-state index contributed by atoms with van der Waals surface area (Å²) in [4.78, 5) is 0. The first-order chi connectivity index (χ1) is 16.5. The molecule has 0 aromatic heterocycles. The highest BCUT2D eigenvalue weighted by molar-refractivity contribution is 5.71. The average molecular weight is 467 g/mol. The second kappa shape index (κ2) is 11.0. The zero-order valence-corrected chi connectivity index (χ0v) is 19.3. The summed E-state index contributed by atoms with van der Waals surface area (Å²) >= 11 is 0. The summed E-state index contributed by atoms with van der Waals surface area (Å²) in [7, 11) is 0. The Morgan fingerprint density at radius 3 is 2.15 bits per heavy atom. The van der Waals surface area contributed by atoms with Crippen LogP contribution in [0.5, 0.6) is 0 Å². The third kappa shape index (κ3) is 5.26. The van der Waals surface area contributed by atoms with Crippen molar-refractivity contribution in [2.75, 3.05) is 13.2 Å². The maximum Gasteiger partial charge on any atom is 0.183 e. The van der Waals surface area contributed by atoms with Gasteiger partial charge in [0.05, 0.1) is 13.2 Å². The molecular formula is C29H29F3O2. The lowest BCUT2D eigenvalue weighted by Crippen LogP contribution is -2.27. The number of rotatable bonds is 8. The molecule has 178 valence electrons. The quantitative estimate of drug-likeness (QED) is 0.313. The maximum atomic E-state index is 15.0. The van der Waals surface area contributed by atoms with E-state index in [1.807, 2.05) is 13.0 Å². The first kappa shape index (κ1) is 24.2. The molecule has 0 aliphatic carbocycles. The van der Waals surface area contributed by atoms with Gasteiger partial charge in [-0.05, 0) is 42.0 Å². The average Bonchev–Trinajstić information content (AvgIpc) is 2.86. The second-order valence-corrected chi connectivity index (χ2v) is 8.70. The number of halogens is 3. The number of hydrogen-bond acceptors (Lipinski definition) is 2. The van der Waals surface area contributed by atoms with Crippen LogP contribution >= 0.6 is 0 Å². The Bertz CT molecular complexity index is 1130. The Hall–Kier alpha value is -2.89. The molecule has 0 N–H and O–H groups in total. The van der Waals surface area contributed by atoms with E-state index in [4.69, 9.17) is 9.47 Å². The molecule has 0 atom stereocenters. The van der Waals surface area contributed by atoms with E-state index in [1.54, 1.807) is 48.5 Å². The van der Waals surface area contributed by atoms with Gasteiger partial charge in [0.2, 0.25) is 0 Å². The molecule has 3 aromatic carbocycles. The van der Waals surface area contributed by atoms with Crippen molar-refractivity contribution < 1.29 is 22.6 Å². The van der Waals surface area contributed by atoms with Gasteiger partial charge in [-0.2, -0.15) is 0 Å². The van der Waals surface area contributed by atoms with Crippen LogP contribution in [0.15, 0.2) is 67.3 Å². The predicted molar refractivity (Wildman–Crippen MR) is 129 cm³/mol. The molecule has 2 nitrogen and oxygen atoms in total. The third-order valence-electron chi connectivity index (χ3n) is 6.20. The van der Waals surface area contributed by atoms with Gasteiger partial charge >= 0.3 is 0 Å². The van der Waals surface area contributed by atoms with Gasteiger partial charge in [0.15, 0.2) is 17.9 Å². The first-order valence-electron chi connectivity index (χ1n) is 11.7. The van der Waals surface area contributed by atoms with Gasteiger partial charge in [-0.1, -0.05) is 68.0 Å². The molecule has 0 amide bonds. The van der Waals surface area contributed by atoms with E-state index >= 15 is 0 Å². The highest BCUT2D eigenvalue weighted by Crippen LogP contribution is 2.33. The van der Waals surface area contributed by atoms with Crippen molar-refractivity contribution in [3.05, 3.63) is 95.8 Å². The topological polar surface area (TPSA) is 18.5 Å². The molecule has 1 fully saturated rings. The number of allylic oxidation sites excluding steroid dienone is 1. The Balaban J connectivity index is 1.48. The lowest BCUT2D eigenvalue weighted by molar-refractivity contribution is -0.205. The fraction of sp³-hybridized carbons (Fsp3) is 0.310. The summed E-state index contributed by atoms with van der Waals surface area (Å²) < 4.78 is 55.5. The van der Waals surface area contributed by atoms with E-state index < -0.39 is 23.7 Å². The molecule has 34 heavy (non-hydrogen) atoms. The van der Waals surface area contributed by atoms with E-state index in [0.717, 1.165) is 19.3 Å². The van der Waals surface area contributed by atoms with Crippen LogP contribution < -0.4 is 0 Å². The smallest absolute Gasteiger partial charge is 0.183 e. The van der Waals surface area contributed by atoms with Crippen LogP contribution in [-0.2, 0) is 15.9 Å². The second-order valence-electron chi connectivity index (χ2n) is 8.70. The summed E-state index contributed by atoms with van der Waals surface area (Å²) in [5.41, 5.74) is 2.80. The van der Waals surface area contributed by atoms with Crippen molar-refractivity contribution in [1.82, 2.24) is 0 Å². The zero-order chi connectivity index (χ0) is 24.1. The third-order valence-corrected chi connectivity index (χ3v) is 6.20. The highest BCUT2D eigenvalue weighted by atomic mass is 19.2. The molecule has 0 radical (unpaired) electrons. The molecule has 1 heterocycles. The van der Waals surface area contributed by atoms with Crippen molar-refractivity contribution in [3.8, 4) is 22.3 Å². The molecule has 0 saturated carbocycles. The van der Waals surface area contributed by atoms with Gasteiger partial charge < -0.3 is 9.47 Å². The Morgan fingerprint density at radius 1 is 0.882 bits per heavy atom. The van der Waals surface area contributed by atoms with Gasteiger partial charge in [0.1, 0.15) is 5.82 Å². The summed E-state index contributed by atoms with van der Waals surface area (Å²) in [6.07, 6.45) is 4.40. The van der Waals surface area contributed by atoms with Crippen molar-refractivity contribution in [2.45, 2.75) is 38.9 Å². The van der Waals surface area contributed by atoms with Gasteiger partial charge in [-0.15, -0.1) is 6.58 Å². The molecule has 5 heteroatoms. The Kier molecular flexibility index (Phi) is 7.86. The standard InChI is InChI=1S/C29H29F3O2/c1-3-5-7-19-17-33-29(34-18-19)23-13-14-24(26(30)16-23)20-8-10-21(11-9-20)25-15-12-22(6-4-2)27(31)28(25)32/h3,8-16,19,29H,1,4-7,17-18H2,2H3. The minimum Gasteiger partial charge on any atom is -0.348 e. The van der Waals surface area contributed by atoms with Crippen LogP contribution in [0.25, 0.3) is 22.3 Å². The van der Waals surface area contributed by atoms with Crippen LogP contribution in [0.3, 0.4) is 0 Å². The van der Waals surface area contributed by atoms with Crippen molar-refractivity contribution in [3.63, 3.8) is 0 Å². The fourth-order valence-electron chi connectivity index (χ4n) is 4.27. The monoisotopic (exact) mass is 466 g/mol. The van der Waals surface area contributed by atoms with Crippen LogP contribution in [-0.4, -0.2) is 13.2 Å². The summed E-state index contributed by atoms with van der Waals surface area (Å²) in [6, 6.07) is 14.9. The minimum absolute atomic E-state index is 0.192. The first-order valence-corrected chi connectivity index (χ1v) is 11.7. The van der Waals surface area contributed by atoms with E-state index in [2.05, 4.69) is 6.58 Å². The Labute approximate surface area is 199 Å². The normalized spacial score (nSPS) is 18.1. The molecule has 0 unspecified atom stereocenters. The van der Waals surface area contributed by atoms with Crippen LogP contribution in [0.1, 0.15) is 43.6 Å². The Morgan fingerprint density at radius 2 is 1.53 bits per heavy atom. The number of hydrogen-bond donors (Lipinski definition) is 0. The van der Waals surface area contributed by atoms with Gasteiger partial charge in [0.25, 0.3) is 0 Å². The lowest BCUT2D eigenvalue weighted by atomic mass is 9.97. The van der Waals surface area contributed by atoms with Crippen molar-refractivity contribution in [2.24, 2.45) is 5.92 Å². The highest BCUT2D eigenvalue weighted by Gasteiger charge is 2.24. The fourth-order valence-corrected chi connectivity index (χ4v) is 4.27. The maximum absolute atomic E-state index is 15.0. The van der Waals surface area contributed by atoms with Crippen LogP contribution in [0, 0.1) is 23.4 Å². The van der Waals surface area contributed by atoms with Crippen LogP contribution in [0.4, 0.5) is 13.2 Å². The molecule has 0 spiro atoms. The molecule has 3 aromatic rings. The van der Waals surface area contributed by atoms with E-state index in [9.17, 15) is 13.2 Å². The van der Waals surface area contributed by atoms with Crippen molar-refractivity contribution in [1.29, 1.82) is 0 Å². The zero-order valence-electron chi connectivity index (χ0n) is 19.3. The SMILES string of the molecule is C=CCCC1COC(c2ccc(-c3ccc(-c4ccc(CCC)c(F)c4F)cc3)c(F)c2)OC1. The summed E-state index contributed by atoms with van der Waals surface area (Å²) in [5.74, 6) is -1.73. The van der Waals surface area contributed by atoms with E-state index in [-0.39, 0.29) is 5.56 Å². The molecule has 1 aliphatic rings. The summed E-state index contributed by atoms with van der Waals surface area (Å²) in [5, 5.41) is 0. The largest absolute Gasteiger partial charge is 0.348 e. The number of aryl methyl sites for hydroxylation is 1. The lowest BCUT2D eigenvalue weighted by Gasteiger charge is -2.29. The van der Waals surface area contributed by atoms with E-state index in [1.165, 1.54) is 6.07 Å². The summed E-state index contributed by atoms with van der Waals surface area (Å²) in [6.45, 7) is 6.79. The van der Waals surface area contributed by atoms with Crippen LogP contribution in [0.2, 0.25) is 0 Å². The molecule has 4 rings (SSSR count). The number of ether oxygens (including phenoxy) is 2. The van der Waals surface area contributed by atoms with Crippen molar-refractivity contribution >= 4 is 0 Å². The van der Waals surface area contributed by atoms with Gasteiger partial charge in [-0.3, -0.25) is 0 Å². The molecule has 1 saturated heterocycles. The molecule has 0 bridgehead atoms. The van der Waals surface area contributed by atoms with Gasteiger partial charge in [0, 0.05) is 22.6 Å². The predicted octanol–water partition coefficient (Wildman–Crippen LogP) is 8.02. The minimum atomic E-state index is -0.853. The van der Waals surface area contributed by atoms with Gasteiger partial charge in [-0.25, -0.2) is 13.2 Å². The molecule has 1 aliphatic heterocycles. The van der Waals surface area contributed by atoms with E-state index in [0.29, 0.717) is 53.4 Å². The number of benzene rings is 3.